The Morgan fingerprint density at radius 3 is 2.73 bits per heavy atom. The lowest BCUT2D eigenvalue weighted by Gasteiger charge is -2.18. The number of nitrogens with one attached hydrogen (secondary N) is 1. The zero-order valence-electron chi connectivity index (χ0n) is 13.8. The fourth-order valence-electron chi connectivity index (χ4n) is 2.54. The molecule has 2 N–H and O–H groups in total. The highest BCUT2D eigenvalue weighted by molar-refractivity contribution is 8.18. The molecule has 2 saturated heterocycles. The molecule has 2 atom stereocenters. The number of hydrogen-bond donors (Lipinski definition) is 2. The van der Waals surface area contributed by atoms with Crippen LogP contribution >= 0.6 is 23.5 Å². The Labute approximate surface area is 159 Å². The van der Waals surface area contributed by atoms with Crippen molar-refractivity contribution in [2.24, 2.45) is 0 Å². The maximum absolute atomic E-state index is 12.3. The third-order valence-corrected chi connectivity index (χ3v) is 6.01. The van der Waals surface area contributed by atoms with Gasteiger partial charge in [-0.3, -0.25) is 19.3 Å². The minimum Gasteiger partial charge on any atom is -0.390 e. The van der Waals surface area contributed by atoms with Gasteiger partial charge in [-0.05, 0) is 23.4 Å². The van der Waals surface area contributed by atoms with Gasteiger partial charge in [-0.1, -0.05) is 42.5 Å². The lowest BCUT2D eigenvalue weighted by Crippen LogP contribution is -2.47. The van der Waals surface area contributed by atoms with E-state index in [4.69, 9.17) is 0 Å². The molecule has 0 spiro atoms. The van der Waals surface area contributed by atoms with Crippen molar-refractivity contribution >= 4 is 46.7 Å². The van der Waals surface area contributed by atoms with Gasteiger partial charge in [0.05, 0.1) is 17.1 Å². The molecule has 0 saturated carbocycles. The number of hydrogen-bond acceptors (Lipinski definition) is 6. The SMILES string of the molecule is O=C(CN1C(=O)S/C(=C\C=C\c2ccccc2)C1=O)NC1CSCC1O. The molecule has 0 bridgehead atoms. The molecule has 136 valence electrons. The van der Waals surface area contributed by atoms with Crippen LogP contribution in [0.15, 0.2) is 47.4 Å². The highest BCUT2D eigenvalue weighted by Crippen LogP contribution is 2.30. The number of imide groups is 1. The zero-order chi connectivity index (χ0) is 18.5. The molecule has 2 unspecified atom stereocenters. The quantitative estimate of drug-likeness (QED) is 0.747. The largest absolute Gasteiger partial charge is 0.390 e. The number of aliphatic hydroxyl groups is 1. The van der Waals surface area contributed by atoms with E-state index in [1.165, 1.54) is 0 Å². The van der Waals surface area contributed by atoms with Gasteiger partial charge in [-0.15, -0.1) is 0 Å². The van der Waals surface area contributed by atoms with E-state index in [0.717, 1.165) is 22.2 Å². The standard InChI is InChI=1S/C18H18N2O4S2/c21-14-11-25-10-13(14)19-16(22)9-20-17(23)15(26-18(20)24)8-4-7-12-5-2-1-3-6-12/h1-8,13-14,21H,9-11H2,(H,19,22)/b7-4+,15-8-. The highest BCUT2D eigenvalue weighted by atomic mass is 32.2. The van der Waals surface area contributed by atoms with Crippen LogP contribution in [0.3, 0.4) is 0 Å². The van der Waals surface area contributed by atoms with E-state index < -0.39 is 23.2 Å². The Bertz CT molecular complexity index is 764. The van der Waals surface area contributed by atoms with Crippen molar-refractivity contribution < 1.29 is 19.5 Å². The van der Waals surface area contributed by atoms with Crippen LogP contribution in [0.5, 0.6) is 0 Å². The first-order valence-electron chi connectivity index (χ1n) is 8.07. The molecule has 1 aromatic rings. The first-order chi connectivity index (χ1) is 12.5. The summed E-state index contributed by atoms with van der Waals surface area (Å²) in [6.45, 7) is -0.335. The normalized spacial score (nSPS) is 24.8. The number of benzene rings is 1. The van der Waals surface area contributed by atoms with E-state index in [9.17, 15) is 19.5 Å². The van der Waals surface area contributed by atoms with Gasteiger partial charge in [0.15, 0.2) is 0 Å². The van der Waals surface area contributed by atoms with Gasteiger partial charge in [-0.2, -0.15) is 11.8 Å². The third-order valence-electron chi connectivity index (χ3n) is 3.91. The van der Waals surface area contributed by atoms with Gasteiger partial charge in [0.1, 0.15) is 6.54 Å². The fourth-order valence-corrected chi connectivity index (χ4v) is 4.50. The number of carbonyl (C=O) groups is 3. The van der Waals surface area contributed by atoms with Crippen LogP contribution < -0.4 is 5.32 Å². The Kier molecular flexibility index (Phi) is 6.18. The van der Waals surface area contributed by atoms with Crippen molar-refractivity contribution in [3.63, 3.8) is 0 Å². The van der Waals surface area contributed by atoms with Crippen molar-refractivity contribution in [1.82, 2.24) is 10.2 Å². The maximum Gasteiger partial charge on any atom is 0.294 e. The molecule has 1 aromatic carbocycles. The minimum atomic E-state index is -0.595. The summed E-state index contributed by atoms with van der Waals surface area (Å²) in [5.41, 5.74) is 0.982. The van der Waals surface area contributed by atoms with E-state index >= 15 is 0 Å². The summed E-state index contributed by atoms with van der Waals surface area (Å²) in [5.74, 6) is 0.274. The van der Waals surface area contributed by atoms with Gasteiger partial charge in [0.25, 0.3) is 11.1 Å². The van der Waals surface area contributed by atoms with Crippen LogP contribution in [0, 0.1) is 0 Å². The second-order valence-corrected chi connectivity index (χ2v) is 7.91. The molecule has 3 rings (SSSR count). The maximum atomic E-state index is 12.3. The minimum absolute atomic E-state index is 0.284. The monoisotopic (exact) mass is 390 g/mol. The molecule has 0 aromatic heterocycles. The molecular weight excluding hydrogens is 372 g/mol. The Balaban J connectivity index is 1.58. The molecule has 0 radical (unpaired) electrons. The number of rotatable bonds is 5. The molecule has 2 heterocycles. The van der Waals surface area contributed by atoms with E-state index in [2.05, 4.69) is 5.32 Å². The molecule has 8 heteroatoms. The molecule has 6 nitrogen and oxygen atoms in total. The average Bonchev–Trinajstić information content (AvgIpc) is 3.14. The summed E-state index contributed by atoms with van der Waals surface area (Å²) in [4.78, 5) is 37.7. The van der Waals surface area contributed by atoms with Crippen LogP contribution in [-0.2, 0) is 9.59 Å². The number of allylic oxidation sites excluding steroid dienone is 2. The number of thioether (sulfide) groups is 2. The predicted octanol–water partition coefficient (Wildman–Crippen LogP) is 1.87. The van der Waals surface area contributed by atoms with E-state index in [1.54, 1.807) is 23.9 Å². The molecule has 2 aliphatic rings. The van der Waals surface area contributed by atoms with Crippen molar-refractivity contribution in [2.75, 3.05) is 18.1 Å². The topological polar surface area (TPSA) is 86.7 Å². The highest BCUT2D eigenvalue weighted by Gasteiger charge is 2.37. The van der Waals surface area contributed by atoms with Gasteiger partial charge in [-0.25, -0.2) is 0 Å². The van der Waals surface area contributed by atoms with Crippen molar-refractivity contribution in [3.05, 3.63) is 53.0 Å². The van der Waals surface area contributed by atoms with E-state index in [-0.39, 0.29) is 17.5 Å². The Hall–Kier alpha value is -2.03. The molecule has 2 aliphatic heterocycles. The van der Waals surface area contributed by atoms with Crippen LogP contribution in [0.4, 0.5) is 4.79 Å². The smallest absolute Gasteiger partial charge is 0.294 e. The van der Waals surface area contributed by atoms with Crippen molar-refractivity contribution in [2.45, 2.75) is 12.1 Å². The van der Waals surface area contributed by atoms with Crippen LogP contribution in [0.2, 0.25) is 0 Å². The summed E-state index contributed by atoms with van der Waals surface area (Å²) in [5, 5.41) is 11.9. The number of nitrogens with zero attached hydrogens (tertiary/aromatic N) is 1. The third kappa shape index (κ3) is 4.57. The Morgan fingerprint density at radius 2 is 2.04 bits per heavy atom. The second kappa shape index (κ2) is 8.57. The average molecular weight is 390 g/mol. The van der Waals surface area contributed by atoms with Crippen LogP contribution in [0.25, 0.3) is 6.08 Å². The summed E-state index contributed by atoms with van der Waals surface area (Å²) >= 11 is 2.37. The Morgan fingerprint density at radius 1 is 1.27 bits per heavy atom. The van der Waals surface area contributed by atoms with Gasteiger partial charge in [0, 0.05) is 11.5 Å². The van der Waals surface area contributed by atoms with Crippen molar-refractivity contribution in [3.8, 4) is 0 Å². The lowest BCUT2D eigenvalue weighted by molar-refractivity contribution is -0.129. The van der Waals surface area contributed by atoms with E-state index in [0.29, 0.717) is 11.5 Å². The fraction of sp³-hybridized carbons (Fsp3) is 0.278. The molecule has 2 fully saturated rings. The van der Waals surface area contributed by atoms with Crippen molar-refractivity contribution in [1.29, 1.82) is 0 Å². The summed E-state index contributed by atoms with van der Waals surface area (Å²) in [6.07, 6.45) is 4.52. The first kappa shape index (κ1) is 18.8. The number of carbonyl (C=O) groups excluding carboxylic acids is 3. The number of amides is 3. The first-order valence-corrected chi connectivity index (χ1v) is 10.0. The van der Waals surface area contributed by atoms with Gasteiger partial charge >= 0.3 is 0 Å². The van der Waals surface area contributed by atoms with E-state index in [1.807, 2.05) is 36.4 Å². The van der Waals surface area contributed by atoms with Gasteiger partial charge < -0.3 is 10.4 Å². The summed E-state index contributed by atoms with van der Waals surface area (Å²) < 4.78 is 0. The molecular formula is C18H18N2O4S2. The molecule has 26 heavy (non-hydrogen) atoms. The zero-order valence-corrected chi connectivity index (χ0v) is 15.5. The molecule has 3 amide bonds. The van der Waals surface area contributed by atoms with Crippen LogP contribution in [0.1, 0.15) is 5.56 Å². The summed E-state index contributed by atoms with van der Waals surface area (Å²) in [6, 6.07) is 9.25. The lowest BCUT2D eigenvalue weighted by atomic mass is 10.2. The second-order valence-electron chi connectivity index (χ2n) is 5.84. The summed E-state index contributed by atoms with van der Waals surface area (Å²) in [7, 11) is 0. The van der Waals surface area contributed by atoms with Crippen LogP contribution in [-0.4, -0.2) is 57.3 Å². The molecule has 0 aliphatic carbocycles. The predicted molar refractivity (Wildman–Crippen MR) is 104 cm³/mol. The van der Waals surface area contributed by atoms with Gasteiger partial charge in [0.2, 0.25) is 5.91 Å². The number of aliphatic hydroxyl groups excluding tert-OH is 1.